The molecule has 2 aliphatic heterocycles. The molecule has 30 heavy (non-hydrogen) atoms. The molecule has 0 aliphatic carbocycles. The summed E-state index contributed by atoms with van der Waals surface area (Å²) >= 11 is 6.49. The van der Waals surface area contributed by atoms with Crippen LogP contribution in [0.2, 0.25) is 5.02 Å². The minimum atomic E-state index is -1.28. The average Bonchev–Trinajstić information content (AvgIpc) is 3.20. The number of aliphatic hydroxyl groups is 1. The van der Waals surface area contributed by atoms with Gasteiger partial charge in [-0.1, -0.05) is 25.4 Å². The fourth-order valence-electron chi connectivity index (χ4n) is 4.13. The molecule has 0 unspecified atom stereocenters. The summed E-state index contributed by atoms with van der Waals surface area (Å²) < 4.78 is 13.2. The largest absolute Gasteiger partial charge is 0.486 e. The molecule has 2 N–H and O–H groups in total. The topological polar surface area (TPSA) is 98.0 Å². The average molecular weight is 434 g/mol. The molecule has 7 nitrogen and oxygen atoms in total. The Bertz CT molecular complexity index is 1050. The Morgan fingerprint density at radius 1 is 1.37 bits per heavy atom. The molecule has 4 rings (SSSR count). The van der Waals surface area contributed by atoms with E-state index in [2.05, 4.69) is 0 Å². The number of aromatic carboxylic acids is 1. The van der Waals surface area contributed by atoms with Crippen LogP contribution in [0.3, 0.4) is 0 Å². The second-order valence-corrected chi connectivity index (χ2v) is 8.97. The second kappa shape index (κ2) is 7.72. The van der Waals surface area contributed by atoms with E-state index in [0.29, 0.717) is 36.1 Å². The number of hydrogen-bond acceptors (Lipinski definition) is 5. The van der Waals surface area contributed by atoms with Gasteiger partial charge in [-0.3, -0.25) is 4.79 Å². The molecule has 0 bridgehead atoms. The first kappa shape index (κ1) is 20.9. The Hall–Kier alpha value is -2.35. The molecule has 0 saturated carbocycles. The fourth-order valence-corrected chi connectivity index (χ4v) is 4.34. The lowest BCUT2D eigenvalue weighted by Crippen LogP contribution is -2.36. The Balaban J connectivity index is 1.87. The van der Waals surface area contributed by atoms with E-state index >= 15 is 0 Å². The third kappa shape index (κ3) is 3.62. The van der Waals surface area contributed by atoms with E-state index in [1.165, 1.54) is 12.3 Å². The molecule has 1 aromatic heterocycles. The van der Waals surface area contributed by atoms with Crippen molar-refractivity contribution in [3.8, 4) is 17.0 Å². The zero-order chi connectivity index (χ0) is 21.6. The molecule has 0 amide bonds. The van der Waals surface area contributed by atoms with Gasteiger partial charge in [-0.15, -0.1) is 0 Å². The van der Waals surface area contributed by atoms with Crippen LogP contribution in [0, 0.1) is 5.41 Å². The highest BCUT2D eigenvalue weighted by atomic mass is 35.5. The smallest absolute Gasteiger partial charge is 0.341 e. The molecule has 0 spiro atoms. The fraction of sp³-hybridized carbons (Fsp3) is 0.455. The molecule has 160 valence electrons. The number of ether oxygens (including phenoxy) is 2. The summed E-state index contributed by atoms with van der Waals surface area (Å²) in [6, 6.07) is 4.72. The molecule has 1 aromatic carbocycles. The number of carboxylic acid groups (broad SMARTS) is 1. The number of aromatic nitrogens is 1. The van der Waals surface area contributed by atoms with Crippen LogP contribution in [0.5, 0.6) is 5.75 Å². The molecule has 2 atom stereocenters. The first-order valence-corrected chi connectivity index (χ1v) is 10.3. The highest BCUT2D eigenvalue weighted by molar-refractivity contribution is 6.32. The van der Waals surface area contributed by atoms with Gasteiger partial charge in [0.15, 0.2) is 5.43 Å². The Kier molecular flexibility index (Phi) is 5.38. The van der Waals surface area contributed by atoms with Gasteiger partial charge in [0.2, 0.25) is 0 Å². The van der Waals surface area contributed by atoms with E-state index in [0.717, 1.165) is 17.5 Å². The van der Waals surface area contributed by atoms with E-state index in [1.807, 2.05) is 19.9 Å². The molecule has 1 fully saturated rings. The maximum Gasteiger partial charge on any atom is 0.341 e. The number of halogens is 1. The predicted molar refractivity (Wildman–Crippen MR) is 112 cm³/mol. The quantitative estimate of drug-likeness (QED) is 0.751. The van der Waals surface area contributed by atoms with Gasteiger partial charge >= 0.3 is 5.97 Å². The molecule has 1 saturated heterocycles. The van der Waals surface area contributed by atoms with Gasteiger partial charge in [-0.25, -0.2) is 4.79 Å². The van der Waals surface area contributed by atoms with Crippen molar-refractivity contribution in [1.82, 2.24) is 4.57 Å². The Morgan fingerprint density at radius 2 is 2.13 bits per heavy atom. The lowest BCUT2D eigenvalue weighted by molar-refractivity contribution is 0.0691. The lowest BCUT2D eigenvalue weighted by Gasteiger charge is -2.40. The number of rotatable bonds is 5. The molecule has 8 heteroatoms. The van der Waals surface area contributed by atoms with Gasteiger partial charge in [0.25, 0.3) is 0 Å². The first-order chi connectivity index (χ1) is 14.2. The number of carbonyl (C=O) groups is 1. The monoisotopic (exact) mass is 433 g/mol. The summed E-state index contributed by atoms with van der Waals surface area (Å²) in [5.41, 5.74) is 0.846. The molecule has 3 heterocycles. The summed E-state index contributed by atoms with van der Waals surface area (Å²) in [7, 11) is 0. The third-order valence-corrected chi connectivity index (χ3v) is 6.28. The van der Waals surface area contributed by atoms with Gasteiger partial charge in [-0.2, -0.15) is 0 Å². The molecule has 2 aromatic rings. The van der Waals surface area contributed by atoms with Crippen LogP contribution < -0.4 is 10.2 Å². The number of benzene rings is 1. The van der Waals surface area contributed by atoms with Gasteiger partial charge in [-0.05, 0) is 24.1 Å². The van der Waals surface area contributed by atoms with Crippen LogP contribution in [-0.4, -0.2) is 46.7 Å². The van der Waals surface area contributed by atoms with Crippen LogP contribution in [0.15, 0.2) is 29.2 Å². The highest BCUT2D eigenvalue weighted by Crippen LogP contribution is 2.45. The van der Waals surface area contributed by atoms with E-state index in [1.54, 1.807) is 10.6 Å². The van der Waals surface area contributed by atoms with Crippen molar-refractivity contribution >= 4 is 17.6 Å². The maximum absolute atomic E-state index is 12.4. The number of hydrogen-bond donors (Lipinski definition) is 2. The predicted octanol–water partition coefficient (Wildman–Crippen LogP) is 3.15. The standard InChI is InChI=1S/C22H24ClNO6/c1-22(2,11-25)20-6-12-5-19(30-13-3-4-29-10-13)16(23)7-14(12)17-8-18(26)15(21(27)28)9-24(17)20/h5,7-9,13,20,25H,3-4,6,10-11H2,1-2H3,(H,27,28)/t13-,20+/m1/s1. The summed E-state index contributed by atoms with van der Waals surface area (Å²) in [5, 5.41) is 19.8. The highest BCUT2D eigenvalue weighted by Gasteiger charge is 2.36. The van der Waals surface area contributed by atoms with E-state index in [9.17, 15) is 19.8 Å². The van der Waals surface area contributed by atoms with E-state index in [4.69, 9.17) is 21.1 Å². The number of nitrogens with zero attached hydrogens (tertiary/aromatic N) is 1. The molecule has 2 aliphatic rings. The van der Waals surface area contributed by atoms with Crippen molar-refractivity contribution in [3.63, 3.8) is 0 Å². The number of carboxylic acids is 1. The van der Waals surface area contributed by atoms with Crippen LogP contribution >= 0.6 is 11.6 Å². The molecule has 0 radical (unpaired) electrons. The van der Waals surface area contributed by atoms with Crippen molar-refractivity contribution in [2.24, 2.45) is 5.41 Å². The SMILES string of the molecule is CC(C)(CO)[C@@H]1Cc2cc(O[C@@H]3CCOC3)c(Cl)cc2-c2cc(=O)c(C(=O)O)cn21. The van der Waals surface area contributed by atoms with E-state index < -0.39 is 16.8 Å². The molecular weight excluding hydrogens is 410 g/mol. The summed E-state index contributed by atoms with van der Waals surface area (Å²) in [5.74, 6) is -0.716. The van der Waals surface area contributed by atoms with Crippen molar-refractivity contribution in [1.29, 1.82) is 0 Å². The molecular formula is C22H24ClNO6. The number of fused-ring (bicyclic) bond motifs is 3. The Morgan fingerprint density at radius 3 is 2.77 bits per heavy atom. The minimum Gasteiger partial charge on any atom is -0.486 e. The zero-order valence-electron chi connectivity index (χ0n) is 16.9. The maximum atomic E-state index is 12.4. The number of aliphatic hydroxyl groups excluding tert-OH is 1. The second-order valence-electron chi connectivity index (χ2n) is 8.56. The summed E-state index contributed by atoms with van der Waals surface area (Å²) in [4.78, 5) is 24.0. The van der Waals surface area contributed by atoms with Crippen molar-refractivity contribution in [2.75, 3.05) is 19.8 Å². The minimum absolute atomic E-state index is 0.0538. The normalized spacial score (nSPS) is 20.5. The van der Waals surface area contributed by atoms with Crippen molar-refractivity contribution in [3.05, 3.63) is 50.8 Å². The zero-order valence-corrected chi connectivity index (χ0v) is 17.6. The first-order valence-electron chi connectivity index (χ1n) is 9.89. The van der Waals surface area contributed by atoms with Gasteiger partial charge in [0.1, 0.15) is 17.4 Å². The van der Waals surface area contributed by atoms with Gasteiger partial charge in [0.05, 0.1) is 30.5 Å². The summed E-state index contributed by atoms with van der Waals surface area (Å²) in [6.45, 7) is 4.89. The van der Waals surface area contributed by atoms with Gasteiger partial charge < -0.3 is 24.3 Å². The van der Waals surface area contributed by atoms with Crippen LogP contribution in [0.4, 0.5) is 0 Å². The Labute approximate surface area is 178 Å². The number of pyridine rings is 1. The van der Waals surface area contributed by atoms with Crippen LogP contribution in [0.25, 0.3) is 11.3 Å². The van der Waals surface area contributed by atoms with Gasteiger partial charge in [0, 0.05) is 35.7 Å². The lowest BCUT2D eigenvalue weighted by atomic mass is 9.78. The van der Waals surface area contributed by atoms with Crippen molar-refractivity contribution in [2.45, 2.75) is 38.8 Å². The van der Waals surface area contributed by atoms with Crippen LogP contribution in [-0.2, 0) is 11.2 Å². The third-order valence-electron chi connectivity index (χ3n) is 5.98. The summed E-state index contributed by atoms with van der Waals surface area (Å²) in [6.07, 6.45) is 2.65. The van der Waals surface area contributed by atoms with Crippen LogP contribution in [0.1, 0.15) is 42.2 Å². The van der Waals surface area contributed by atoms with E-state index in [-0.39, 0.29) is 24.3 Å². The van der Waals surface area contributed by atoms with Crippen molar-refractivity contribution < 1.29 is 24.5 Å².